The summed E-state index contributed by atoms with van der Waals surface area (Å²) in [5, 5.41) is 2.58. The average Bonchev–Trinajstić information content (AvgIpc) is 2.69. The zero-order valence-electron chi connectivity index (χ0n) is 15.4. The highest BCUT2D eigenvalue weighted by Gasteiger charge is 2.34. The first kappa shape index (κ1) is 20.4. The Balaban J connectivity index is 1.60. The van der Waals surface area contributed by atoms with E-state index in [1.165, 1.54) is 28.6 Å². The van der Waals surface area contributed by atoms with Crippen molar-refractivity contribution >= 4 is 21.6 Å². The van der Waals surface area contributed by atoms with E-state index < -0.39 is 27.7 Å². The molecule has 9 heteroatoms. The van der Waals surface area contributed by atoms with Gasteiger partial charge in [0.25, 0.3) is 5.91 Å². The second-order valence-electron chi connectivity index (χ2n) is 6.71. The number of hydrogen-bond acceptors (Lipinski definition) is 3. The van der Waals surface area contributed by atoms with Crippen molar-refractivity contribution in [2.24, 2.45) is 0 Å². The Morgan fingerprint density at radius 1 is 1.07 bits per heavy atom. The maximum Gasteiger partial charge on any atom is 0.282 e. The number of hydrogen-bond donors (Lipinski definition) is 2. The lowest BCUT2D eigenvalue weighted by molar-refractivity contribution is -0.917. The van der Waals surface area contributed by atoms with Gasteiger partial charge in [-0.2, -0.15) is 4.31 Å². The Hall–Kier alpha value is -2.36. The van der Waals surface area contributed by atoms with Gasteiger partial charge in [-0.3, -0.25) is 4.79 Å². The number of anilines is 1. The van der Waals surface area contributed by atoms with Gasteiger partial charge in [0.1, 0.15) is 11.6 Å². The fourth-order valence-corrected chi connectivity index (χ4v) is 4.63. The average molecular weight is 410 g/mol. The summed E-state index contributed by atoms with van der Waals surface area (Å²) in [4.78, 5) is 13.4. The van der Waals surface area contributed by atoms with Gasteiger partial charge in [-0.25, -0.2) is 17.2 Å². The monoisotopic (exact) mass is 410 g/mol. The van der Waals surface area contributed by atoms with Gasteiger partial charge in [-0.15, -0.1) is 0 Å². The number of quaternary nitrogens is 1. The largest absolute Gasteiger partial charge is 0.323 e. The van der Waals surface area contributed by atoms with E-state index >= 15 is 0 Å². The van der Waals surface area contributed by atoms with Crippen LogP contribution in [0.25, 0.3) is 0 Å². The second kappa shape index (κ2) is 8.34. The molecule has 1 fully saturated rings. The van der Waals surface area contributed by atoms with E-state index in [1.54, 1.807) is 19.1 Å². The van der Waals surface area contributed by atoms with Gasteiger partial charge in [0, 0.05) is 0 Å². The molecule has 1 amide bonds. The Morgan fingerprint density at radius 3 is 2.29 bits per heavy atom. The highest BCUT2D eigenvalue weighted by atomic mass is 32.2. The van der Waals surface area contributed by atoms with E-state index in [0.29, 0.717) is 13.1 Å². The minimum absolute atomic E-state index is 0.0442. The van der Waals surface area contributed by atoms with Crippen molar-refractivity contribution in [1.82, 2.24) is 4.31 Å². The van der Waals surface area contributed by atoms with Crippen LogP contribution in [0.2, 0.25) is 0 Å². The van der Waals surface area contributed by atoms with Crippen molar-refractivity contribution in [2.45, 2.75) is 17.9 Å². The maximum absolute atomic E-state index is 13.7. The van der Waals surface area contributed by atoms with Gasteiger partial charge in [-0.05, 0) is 43.3 Å². The Kier molecular flexibility index (Phi) is 6.07. The smallest absolute Gasteiger partial charge is 0.282 e. The van der Waals surface area contributed by atoms with Gasteiger partial charge in [0.05, 0.1) is 36.8 Å². The number of rotatable bonds is 5. The van der Waals surface area contributed by atoms with Crippen molar-refractivity contribution in [3.63, 3.8) is 0 Å². The molecule has 1 aliphatic rings. The molecule has 1 heterocycles. The molecule has 1 saturated heterocycles. The normalized spacial score (nSPS) is 17.2. The van der Waals surface area contributed by atoms with Crippen LogP contribution >= 0.6 is 0 Å². The molecule has 0 radical (unpaired) electrons. The molecule has 6 nitrogen and oxygen atoms in total. The maximum atomic E-state index is 13.7. The van der Waals surface area contributed by atoms with Crippen LogP contribution in [-0.2, 0) is 14.8 Å². The third kappa shape index (κ3) is 4.37. The Bertz CT molecular complexity index is 943. The van der Waals surface area contributed by atoms with Crippen LogP contribution in [-0.4, -0.2) is 50.9 Å². The molecule has 2 aromatic rings. The van der Waals surface area contributed by atoms with Crippen molar-refractivity contribution in [1.29, 1.82) is 0 Å². The van der Waals surface area contributed by atoms with Crippen molar-refractivity contribution in [3.8, 4) is 0 Å². The van der Waals surface area contributed by atoms with Crippen molar-refractivity contribution in [3.05, 3.63) is 60.2 Å². The zero-order chi connectivity index (χ0) is 20.3. The standard InChI is InChI=1S/C19H21F2N3O3S/c1-14(19(25)22-18-5-3-2-4-17(18)21)23-10-12-24(13-11-23)28(26,27)16-8-6-15(20)7-9-16/h2-9,14H,10-13H2,1H3,(H,22,25)/p+1/t14-/m1/s1. The first-order chi connectivity index (χ1) is 13.3. The number of piperazine rings is 1. The molecule has 2 N–H and O–H groups in total. The quantitative estimate of drug-likeness (QED) is 0.769. The van der Waals surface area contributed by atoms with Gasteiger partial charge in [0.2, 0.25) is 10.0 Å². The molecule has 0 saturated carbocycles. The van der Waals surface area contributed by atoms with E-state index in [4.69, 9.17) is 0 Å². The van der Waals surface area contributed by atoms with Gasteiger partial charge < -0.3 is 10.2 Å². The summed E-state index contributed by atoms with van der Waals surface area (Å²) in [7, 11) is -3.70. The zero-order valence-corrected chi connectivity index (χ0v) is 16.2. The fourth-order valence-electron chi connectivity index (χ4n) is 3.19. The van der Waals surface area contributed by atoms with Crippen molar-refractivity contribution in [2.75, 3.05) is 31.5 Å². The number of halogens is 2. The molecule has 0 aromatic heterocycles. The minimum atomic E-state index is -3.70. The summed E-state index contributed by atoms with van der Waals surface area (Å²) in [6, 6.07) is 10.2. The topological polar surface area (TPSA) is 70.9 Å². The predicted molar refractivity (Wildman–Crippen MR) is 100 cm³/mol. The molecular formula is C19H22F2N3O3S+. The molecule has 150 valence electrons. The molecule has 0 unspecified atom stereocenters. The molecule has 2 aromatic carbocycles. The number of nitrogens with one attached hydrogen (secondary N) is 2. The first-order valence-electron chi connectivity index (χ1n) is 8.95. The van der Waals surface area contributed by atoms with Crippen LogP contribution in [0.1, 0.15) is 6.92 Å². The summed E-state index contributed by atoms with van der Waals surface area (Å²) in [6.07, 6.45) is 0. The number of sulfonamides is 1. The summed E-state index contributed by atoms with van der Waals surface area (Å²) in [5.41, 5.74) is 0.122. The summed E-state index contributed by atoms with van der Waals surface area (Å²) in [6.45, 7) is 3.09. The summed E-state index contributed by atoms with van der Waals surface area (Å²) >= 11 is 0. The number of amides is 1. The molecule has 0 spiro atoms. The molecule has 1 aliphatic heterocycles. The molecule has 0 aliphatic carbocycles. The van der Waals surface area contributed by atoms with Gasteiger partial charge in [0.15, 0.2) is 6.04 Å². The third-order valence-corrected chi connectivity index (χ3v) is 6.87. The van der Waals surface area contributed by atoms with Crippen LogP contribution in [0.3, 0.4) is 0 Å². The van der Waals surface area contributed by atoms with E-state index in [2.05, 4.69) is 5.32 Å². The second-order valence-corrected chi connectivity index (χ2v) is 8.64. The highest BCUT2D eigenvalue weighted by Crippen LogP contribution is 2.16. The van der Waals surface area contributed by atoms with Crippen LogP contribution in [0.4, 0.5) is 14.5 Å². The van der Waals surface area contributed by atoms with E-state index in [0.717, 1.165) is 17.0 Å². The lowest BCUT2D eigenvalue weighted by Crippen LogP contribution is -3.19. The number of para-hydroxylation sites is 1. The first-order valence-corrected chi connectivity index (χ1v) is 10.4. The van der Waals surface area contributed by atoms with Gasteiger partial charge >= 0.3 is 0 Å². The highest BCUT2D eigenvalue weighted by molar-refractivity contribution is 7.89. The fraction of sp³-hybridized carbons (Fsp3) is 0.316. The minimum Gasteiger partial charge on any atom is -0.323 e. The number of nitrogens with zero attached hydrogens (tertiary/aromatic N) is 1. The SMILES string of the molecule is C[C@H](C(=O)Nc1ccccc1F)[NH+]1CCN(S(=O)(=O)c2ccc(F)cc2)CC1. The summed E-state index contributed by atoms with van der Waals surface area (Å²) in [5.74, 6) is -1.33. The van der Waals surface area contributed by atoms with Crippen LogP contribution in [0.5, 0.6) is 0 Å². The molecule has 1 atom stereocenters. The van der Waals surface area contributed by atoms with Crippen LogP contribution < -0.4 is 10.2 Å². The number of carbonyl (C=O) groups is 1. The number of carbonyl (C=O) groups excluding carboxylic acids is 1. The van der Waals surface area contributed by atoms with Gasteiger partial charge in [-0.1, -0.05) is 12.1 Å². The van der Waals surface area contributed by atoms with Crippen LogP contribution in [0, 0.1) is 11.6 Å². The number of benzene rings is 2. The molecule has 0 bridgehead atoms. The summed E-state index contributed by atoms with van der Waals surface area (Å²) < 4.78 is 53.4. The molecular weight excluding hydrogens is 388 g/mol. The predicted octanol–water partition coefficient (Wildman–Crippen LogP) is 0.881. The van der Waals surface area contributed by atoms with E-state index in [9.17, 15) is 22.0 Å². The molecule has 3 rings (SSSR count). The van der Waals surface area contributed by atoms with Crippen LogP contribution in [0.15, 0.2) is 53.4 Å². The Morgan fingerprint density at radius 2 is 1.68 bits per heavy atom. The van der Waals surface area contributed by atoms with Crippen molar-refractivity contribution < 1.29 is 26.9 Å². The van der Waals surface area contributed by atoms with E-state index in [1.807, 2.05) is 0 Å². The third-order valence-electron chi connectivity index (χ3n) is 4.95. The Labute approximate surface area is 162 Å². The lowest BCUT2D eigenvalue weighted by atomic mass is 10.2. The van der Waals surface area contributed by atoms with E-state index in [-0.39, 0.29) is 29.6 Å². The lowest BCUT2D eigenvalue weighted by Gasteiger charge is -2.34. The molecule has 28 heavy (non-hydrogen) atoms.